The van der Waals surface area contributed by atoms with Gasteiger partial charge in [0.2, 0.25) is 5.91 Å². The van der Waals surface area contributed by atoms with Crippen LogP contribution in [0.5, 0.6) is 0 Å². The van der Waals surface area contributed by atoms with Crippen molar-refractivity contribution in [2.45, 2.75) is 57.9 Å². The van der Waals surface area contributed by atoms with E-state index in [2.05, 4.69) is 15.3 Å². The summed E-state index contributed by atoms with van der Waals surface area (Å²) in [4.78, 5) is 20.1. The number of nitrogens with zero attached hydrogens (tertiary/aromatic N) is 4. The van der Waals surface area contributed by atoms with E-state index >= 15 is 0 Å². The number of aryl methyl sites for hydroxylation is 1. The summed E-state index contributed by atoms with van der Waals surface area (Å²) in [7, 11) is 0. The monoisotopic (exact) mass is 457 g/mol. The van der Waals surface area contributed by atoms with Crippen molar-refractivity contribution in [3.05, 3.63) is 35.0 Å². The number of thiazole rings is 1. The van der Waals surface area contributed by atoms with Crippen molar-refractivity contribution < 1.29 is 4.79 Å². The molecule has 1 aromatic carbocycles. The second kappa shape index (κ2) is 8.79. The van der Waals surface area contributed by atoms with Crippen LogP contribution < -0.4 is 10.2 Å². The first-order valence-electron chi connectivity index (χ1n) is 11.3. The molecule has 2 aromatic heterocycles. The Morgan fingerprint density at radius 1 is 1.13 bits per heavy atom. The van der Waals surface area contributed by atoms with Gasteiger partial charge in [-0.2, -0.15) is 10.1 Å². The van der Waals surface area contributed by atoms with Gasteiger partial charge in [0.25, 0.3) is 0 Å². The van der Waals surface area contributed by atoms with Gasteiger partial charge in [-0.25, -0.2) is 4.68 Å². The Labute approximate surface area is 191 Å². The summed E-state index contributed by atoms with van der Waals surface area (Å²) in [5.74, 6) is 0.262. The summed E-state index contributed by atoms with van der Waals surface area (Å²) in [6, 6.07) is 8.02. The van der Waals surface area contributed by atoms with Crippen LogP contribution in [-0.4, -0.2) is 39.8 Å². The van der Waals surface area contributed by atoms with Gasteiger partial charge in [0, 0.05) is 24.2 Å². The van der Waals surface area contributed by atoms with E-state index in [9.17, 15) is 4.79 Å². The Kier molecular flexibility index (Phi) is 5.89. The molecule has 6 nitrogen and oxygen atoms in total. The Bertz CT molecular complexity index is 1070. The summed E-state index contributed by atoms with van der Waals surface area (Å²) in [6.07, 6.45) is 7.99. The quantitative estimate of drug-likeness (QED) is 0.591. The van der Waals surface area contributed by atoms with Crippen molar-refractivity contribution in [1.82, 2.24) is 20.1 Å². The Hall–Kier alpha value is -2.12. The molecule has 1 N–H and O–H groups in total. The summed E-state index contributed by atoms with van der Waals surface area (Å²) in [5, 5.41) is 9.68. The van der Waals surface area contributed by atoms with Gasteiger partial charge >= 0.3 is 0 Å². The second-order valence-corrected chi connectivity index (χ2v) is 10.2. The third-order valence-corrected chi connectivity index (χ3v) is 7.93. The standard InChI is InChI=1S/C23H28ClN5OS/c1-15-20-21(29(27-15)19-11-9-17(24)10-12-19)26-23(31-20)28-13-5-6-16(14-28)22(30)25-18-7-3-2-4-8-18/h9-12,16,18H,2-8,13-14H2,1H3,(H,25,30)/t16-/m0/s1. The Morgan fingerprint density at radius 3 is 2.68 bits per heavy atom. The molecule has 3 heterocycles. The van der Waals surface area contributed by atoms with Crippen LogP contribution >= 0.6 is 22.9 Å². The van der Waals surface area contributed by atoms with E-state index in [1.165, 1.54) is 19.3 Å². The van der Waals surface area contributed by atoms with Gasteiger partial charge in [-0.05, 0) is 56.9 Å². The number of hydrogen-bond donors (Lipinski definition) is 1. The van der Waals surface area contributed by atoms with Gasteiger partial charge in [-0.15, -0.1) is 0 Å². The average molecular weight is 458 g/mol. The van der Waals surface area contributed by atoms with E-state index in [0.29, 0.717) is 11.1 Å². The van der Waals surface area contributed by atoms with Gasteiger partial charge in [0.15, 0.2) is 10.8 Å². The van der Waals surface area contributed by atoms with Crippen molar-refractivity contribution in [3.63, 3.8) is 0 Å². The smallest absolute Gasteiger partial charge is 0.225 e. The highest BCUT2D eigenvalue weighted by Crippen LogP contribution is 2.34. The van der Waals surface area contributed by atoms with Crippen molar-refractivity contribution in [1.29, 1.82) is 0 Å². The number of benzene rings is 1. The predicted octanol–water partition coefficient (Wildman–Crippen LogP) is 5.11. The van der Waals surface area contributed by atoms with E-state index in [0.717, 1.165) is 65.6 Å². The third kappa shape index (κ3) is 4.30. The molecule has 1 saturated heterocycles. The minimum absolute atomic E-state index is 0.0385. The summed E-state index contributed by atoms with van der Waals surface area (Å²) in [6.45, 7) is 3.70. The number of anilines is 1. The van der Waals surface area contributed by atoms with Crippen LogP contribution in [-0.2, 0) is 4.79 Å². The number of halogens is 1. The molecular weight excluding hydrogens is 430 g/mol. The zero-order chi connectivity index (χ0) is 21.4. The zero-order valence-corrected chi connectivity index (χ0v) is 19.4. The molecule has 3 aromatic rings. The molecule has 31 heavy (non-hydrogen) atoms. The lowest BCUT2D eigenvalue weighted by atomic mass is 9.93. The van der Waals surface area contributed by atoms with Crippen molar-refractivity contribution in [2.24, 2.45) is 5.92 Å². The molecule has 0 unspecified atom stereocenters. The molecule has 1 saturated carbocycles. The summed E-state index contributed by atoms with van der Waals surface area (Å²) >= 11 is 7.72. The lowest BCUT2D eigenvalue weighted by Gasteiger charge is -2.33. The molecule has 8 heteroatoms. The lowest BCUT2D eigenvalue weighted by Crippen LogP contribution is -2.46. The number of carbonyl (C=O) groups is 1. The maximum Gasteiger partial charge on any atom is 0.225 e. The number of piperidine rings is 1. The molecule has 0 spiro atoms. The minimum atomic E-state index is 0.0385. The molecule has 1 atom stereocenters. The normalized spacial score (nSPS) is 20.3. The summed E-state index contributed by atoms with van der Waals surface area (Å²) in [5.41, 5.74) is 2.79. The molecule has 0 bridgehead atoms. The van der Waals surface area contributed by atoms with E-state index < -0.39 is 0 Å². The van der Waals surface area contributed by atoms with Gasteiger partial charge < -0.3 is 10.2 Å². The molecular formula is C23H28ClN5OS. The number of fused-ring (bicyclic) bond motifs is 1. The molecule has 2 fully saturated rings. The number of amides is 1. The Morgan fingerprint density at radius 2 is 1.90 bits per heavy atom. The molecule has 1 aliphatic heterocycles. The zero-order valence-electron chi connectivity index (χ0n) is 17.8. The number of aromatic nitrogens is 3. The fourth-order valence-electron chi connectivity index (χ4n) is 4.75. The van der Waals surface area contributed by atoms with Crippen LogP contribution in [0.15, 0.2) is 24.3 Å². The van der Waals surface area contributed by atoms with Crippen LogP contribution in [0.1, 0.15) is 50.6 Å². The van der Waals surface area contributed by atoms with E-state index in [4.69, 9.17) is 16.6 Å². The average Bonchev–Trinajstić information content (AvgIpc) is 3.36. The lowest BCUT2D eigenvalue weighted by molar-refractivity contribution is -0.126. The van der Waals surface area contributed by atoms with Crippen LogP contribution in [0, 0.1) is 12.8 Å². The maximum atomic E-state index is 12.9. The van der Waals surface area contributed by atoms with Crippen molar-refractivity contribution in [2.75, 3.05) is 18.0 Å². The first-order valence-corrected chi connectivity index (χ1v) is 12.5. The van der Waals surface area contributed by atoms with Crippen molar-refractivity contribution >= 4 is 44.3 Å². The van der Waals surface area contributed by atoms with Crippen molar-refractivity contribution in [3.8, 4) is 5.69 Å². The number of rotatable bonds is 4. The molecule has 5 rings (SSSR count). The number of carbonyl (C=O) groups excluding carboxylic acids is 1. The Balaban J connectivity index is 1.34. The third-order valence-electron chi connectivity index (χ3n) is 6.46. The SMILES string of the molecule is Cc1nn(-c2ccc(Cl)cc2)c2nc(N3CCC[C@H](C(=O)NC4CCCCC4)C3)sc12. The number of nitrogens with one attached hydrogen (secondary N) is 1. The highest BCUT2D eigenvalue weighted by Gasteiger charge is 2.29. The minimum Gasteiger partial charge on any atom is -0.353 e. The fourth-order valence-corrected chi connectivity index (χ4v) is 5.90. The second-order valence-electron chi connectivity index (χ2n) is 8.75. The topological polar surface area (TPSA) is 63.1 Å². The molecule has 1 aliphatic carbocycles. The van der Waals surface area contributed by atoms with E-state index in [1.807, 2.05) is 35.9 Å². The fraction of sp³-hybridized carbons (Fsp3) is 0.522. The first-order chi connectivity index (χ1) is 15.1. The van der Waals surface area contributed by atoms with Crippen LogP contribution in [0.25, 0.3) is 16.0 Å². The molecule has 0 radical (unpaired) electrons. The number of hydrogen-bond acceptors (Lipinski definition) is 5. The predicted molar refractivity (Wildman–Crippen MR) is 126 cm³/mol. The van der Waals surface area contributed by atoms with Gasteiger partial charge in [-0.1, -0.05) is 42.2 Å². The van der Waals surface area contributed by atoms with E-state index in [-0.39, 0.29) is 11.8 Å². The van der Waals surface area contributed by atoms with Gasteiger partial charge in [-0.3, -0.25) is 4.79 Å². The van der Waals surface area contributed by atoms with Crippen LogP contribution in [0.4, 0.5) is 5.13 Å². The van der Waals surface area contributed by atoms with Gasteiger partial charge in [0.1, 0.15) is 0 Å². The molecule has 1 amide bonds. The largest absolute Gasteiger partial charge is 0.353 e. The first kappa shape index (κ1) is 20.8. The highest BCUT2D eigenvalue weighted by molar-refractivity contribution is 7.22. The highest BCUT2D eigenvalue weighted by atomic mass is 35.5. The molecule has 164 valence electrons. The summed E-state index contributed by atoms with van der Waals surface area (Å²) < 4.78 is 2.98. The van der Waals surface area contributed by atoms with Gasteiger partial charge in [0.05, 0.1) is 22.0 Å². The van der Waals surface area contributed by atoms with Crippen LogP contribution in [0.2, 0.25) is 5.02 Å². The van der Waals surface area contributed by atoms with Crippen LogP contribution in [0.3, 0.4) is 0 Å². The molecule has 2 aliphatic rings. The maximum absolute atomic E-state index is 12.9. The van der Waals surface area contributed by atoms with E-state index in [1.54, 1.807) is 11.3 Å².